The number of carbonyl (C=O) groups excluding carboxylic acids is 1. The van der Waals surface area contributed by atoms with Crippen LogP contribution < -0.4 is 10.1 Å². The number of anilines is 1. The van der Waals surface area contributed by atoms with Crippen LogP contribution in [0.2, 0.25) is 5.02 Å². The molecule has 1 N–H and O–H groups in total. The average Bonchev–Trinajstić information content (AvgIpc) is 3.34. The molecule has 3 aromatic rings. The number of ether oxygens (including phenoxy) is 2. The van der Waals surface area contributed by atoms with Gasteiger partial charge in [0.15, 0.2) is 5.76 Å². The predicted molar refractivity (Wildman–Crippen MR) is 103 cm³/mol. The Morgan fingerprint density at radius 3 is 2.93 bits per heavy atom. The van der Waals surface area contributed by atoms with Crippen molar-refractivity contribution in [3.8, 4) is 5.75 Å². The molecule has 1 aromatic carbocycles. The van der Waals surface area contributed by atoms with Gasteiger partial charge in [0, 0.05) is 18.7 Å². The molecule has 0 radical (unpaired) electrons. The quantitative estimate of drug-likeness (QED) is 0.412. The fraction of sp³-hybridized carbons (Fsp3) is 0.222. The van der Waals surface area contributed by atoms with Crippen molar-refractivity contribution in [3.63, 3.8) is 0 Å². The van der Waals surface area contributed by atoms with Crippen molar-refractivity contribution in [2.45, 2.75) is 20.3 Å². The first-order valence-electron chi connectivity index (χ1n) is 8.53. The summed E-state index contributed by atoms with van der Waals surface area (Å²) in [7, 11) is 0. The van der Waals surface area contributed by atoms with Gasteiger partial charge in [0.1, 0.15) is 24.8 Å². The lowest BCUT2D eigenvalue weighted by atomic mass is 10.3. The van der Waals surface area contributed by atoms with Crippen molar-refractivity contribution in [2.24, 2.45) is 0 Å². The maximum absolute atomic E-state index is 12.3. The molecule has 0 spiro atoms. The van der Waals surface area contributed by atoms with E-state index in [0.717, 1.165) is 0 Å². The highest BCUT2D eigenvalue weighted by Gasteiger charge is 2.14. The molecule has 0 aliphatic carbocycles. The monoisotopic (exact) mass is 420 g/mol. The summed E-state index contributed by atoms with van der Waals surface area (Å²) < 4.78 is 17.8. The Hall–Kier alpha value is -3.37. The number of nitrogens with one attached hydrogen (secondary N) is 1. The molecule has 10 nitrogen and oxygen atoms in total. The Kier molecular flexibility index (Phi) is 6.47. The van der Waals surface area contributed by atoms with Crippen molar-refractivity contribution in [1.82, 2.24) is 9.78 Å². The van der Waals surface area contributed by atoms with Crippen molar-refractivity contribution in [3.05, 3.63) is 69.4 Å². The third kappa shape index (κ3) is 5.33. The highest BCUT2D eigenvalue weighted by molar-refractivity contribution is 6.32. The van der Waals surface area contributed by atoms with Gasteiger partial charge in [0.2, 0.25) is 0 Å². The van der Waals surface area contributed by atoms with Gasteiger partial charge in [0.05, 0.1) is 28.0 Å². The highest BCUT2D eigenvalue weighted by Crippen LogP contribution is 2.29. The number of nitro groups is 1. The van der Waals surface area contributed by atoms with E-state index in [1.165, 1.54) is 30.5 Å². The van der Waals surface area contributed by atoms with Gasteiger partial charge in [-0.25, -0.2) is 4.68 Å². The Labute approximate surface area is 170 Å². The largest absolute Gasteiger partial charge is 0.484 e. The van der Waals surface area contributed by atoms with Crippen LogP contribution in [0.1, 0.15) is 23.2 Å². The van der Waals surface area contributed by atoms with E-state index in [2.05, 4.69) is 10.4 Å². The lowest BCUT2D eigenvalue weighted by Crippen LogP contribution is -2.10. The first-order valence-corrected chi connectivity index (χ1v) is 8.91. The first kappa shape index (κ1) is 20.4. The van der Waals surface area contributed by atoms with Crippen LogP contribution in [-0.2, 0) is 18.1 Å². The molecule has 0 fully saturated rings. The molecule has 29 heavy (non-hydrogen) atoms. The summed E-state index contributed by atoms with van der Waals surface area (Å²) in [6.45, 7) is 2.72. The third-order valence-corrected chi connectivity index (χ3v) is 4.00. The molecule has 11 heteroatoms. The standard InChI is InChI=1S/C18H17ClN4O6/c1-2-27-11-22-9-12(8-20-22)21-18(24)17-6-4-14(29-17)10-28-16-5-3-13(23(25)26)7-15(16)19/h3-9H,2,10-11H2,1H3,(H,21,24). The van der Waals surface area contributed by atoms with Gasteiger partial charge in [-0.2, -0.15) is 5.10 Å². The second-order valence-electron chi connectivity index (χ2n) is 5.77. The Morgan fingerprint density at radius 1 is 1.38 bits per heavy atom. The third-order valence-electron chi connectivity index (χ3n) is 3.70. The number of benzene rings is 1. The maximum Gasteiger partial charge on any atom is 0.291 e. The summed E-state index contributed by atoms with van der Waals surface area (Å²) in [5, 5.41) is 17.6. The molecule has 0 aliphatic heterocycles. The minimum Gasteiger partial charge on any atom is -0.484 e. The number of carbonyl (C=O) groups is 1. The molecule has 2 heterocycles. The summed E-state index contributed by atoms with van der Waals surface area (Å²) in [5.74, 6) is 0.300. The minimum atomic E-state index is -0.548. The van der Waals surface area contributed by atoms with Gasteiger partial charge in [0.25, 0.3) is 11.6 Å². The smallest absolute Gasteiger partial charge is 0.291 e. The normalized spacial score (nSPS) is 10.7. The predicted octanol–water partition coefficient (Wildman–Crippen LogP) is 3.86. The Bertz CT molecular complexity index is 1020. The van der Waals surface area contributed by atoms with Crippen LogP contribution in [0.4, 0.5) is 11.4 Å². The molecule has 1 amide bonds. The lowest BCUT2D eigenvalue weighted by molar-refractivity contribution is -0.384. The highest BCUT2D eigenvalue weighted by atomic mass is 35.5. The van der Waals surface area contributed by atoms with Crippen LogP contribution in [0.5, 0.6) is 5.75 Å². The topological polar surface area (TPSA) is 122 Å². The number of hydrogen-bond acceptors (Lipinski definition) is 7. The van der Waals surface area contributed by atoms with Crippen LogP contribution in [-0.4, -0.2) is 27.2 Å². The van der Waals surface area contributed by atoms with Crippen molar-refractivity contribution in [1.29, 1.82) is 0 Å². The summed E-state index contributed by atoms with van der Waals surface area (Å²) in [5.41, 5.74) is 0.366. The summed E-state index contributed by atoms with van der Waals surface area (Å²) in [6, 6.07) is 6.98. The van der Waals surface area contributed by atoms with E-state index in [9.17, 15) is 14.9 Å². The number of rotatable bonds is 9. The van der Waals surface area contributed by atoms with Crippen LogP contribution in [0.25, 0.3) is 0 Å². The Morgan fingerprint density at radius 2 is 2.21 bits per heavy atom. The fourth-order valence-electron chi connectivity index (χ4n) is 2.32. The van der Waals surface area contributed by atoms with E-state index in [-0.39, 0.29) is 28.8 Å². The fourth-order valence-corrected chi connectivity index (χ4v) is 2.55. The van der Waals surface area contributed by atoms with Crippen molar-refractivity contribution >= 4 is 28.9 Å². The van der Waals surface area contributed by atoms with Crippen LogP contribution in [0, 0.1) is 10.1 Å². The molecule has 3 rings (SSSR count). The molecule has 152 valence electrons. The zero-order valence-electron chi connectivity index (χ0n) is 15.3. The first-order chi connectivity index (χ1) is 14.0. The molecular weight excluding hydrogens is 404 g/mol. The van der Waals surface area contributed by atoms with E-state index >= 15 is 0 Å². The molecule has 0 saturated carbocycles. The SMILES string of the molecule is CCOCn1cc(NC(=O)c2ccc(COc3ccc([N+](=O)[O-])cc3Cl)o2)cn1. The number of non-ortho nitro benzene ring substituents is 1. The molecule has 0 saturated heterocycles. The van der Waals surface area contributed by atoms with E-state index in [4.69, 9.17) is 25.5 Å². The van der Waals surface area contributed by atoms with E-state index in [1.807, 2.05) is 6.92 Å². The zero-order valence-corrected chi connectivity index (χ0v) is 16.1. The summed E-state index contributed by atoms with van der Waals surface area (Å²) >= 11 is 5.98. The van der Waals surface area contributed by atoms with E-state index in [1.54, 1.807) is 16.9 Å². The molecule has 0 atom stereocenters. The average molecular weight is 421 g/mol. The number of nitro benzene ring substituents is 1. The molecule has 2 aromatic heterocycles. The van der Waals surface area contributed by atoms with Gasteiger partial charge in [-0.15, -0.1) is 0 Å². The second kappa shape index (κ2) is 9.22. The van der Waals surface area contributed by atoms with Crippen molar-refractivity contribution < 1.29 is 23.6 Å². The van der Waals surface area contributed by atoms with E-state index in [0.29, 0.717) is 24.8 Å². The van der Waals surface area contributed by atoms with Crippen LogP contribution in [0.15, 0.2) is 47.1 Å². The molecular formula is C18H17ClN4O6. The minimum absolute atomic E-state index is 0.00288. The number of amides is 1. The number of aromatic nitrogens is 2. The Balaban J connectivity index is 1.57. The number of furan rings is 1. The summed E-state index contributed by atoms with van der Waals surface area (Å²) in [6.07, 6.45) is 3.14. The summed E-state index contributed by atoms with van der Waals surface area (Å²) in [4.78, 5) is 22.5. The number of halogens is 1. The molecule has 0 bridgehead atoms. The van der Waals surface area contributed by atoms with Gasteiger partial charge in [-0.1, -0.05) is 11.6 Å². The van der Waals surface area contributed by atoms with Crippen LogP contribution >= 0.6 is 11.6 Å². The second-order valence-corrected chi connectivity index (χ2v) is 6.18. The van der Waals surface area contributed by atoms with Gasteiger partial charge >= 0.3 is 0 Å². The van der Waals surface area contributed by atoms with Gasteiger partial charge < -0.3 is 19.2 Å². The van der Waals surface area contributed by atoms with Gasteiger partial charge in [-0.3, -0.25) is 14.9 Å². The molecule has 0 aliphatic rings. The van der Waals surface area contributed by atoms with E-state index < -0.39 is 10.8 Å². The van der Waals surface area contributed by atoms with Crippen LogP contribution in [0.3, 0.4) is 0 Å². The number of hydrogen-bond donors (Lipinski definition) is 1. The lowest BCUT2D eigenvalue weighted by Gasteiger charge is -2.06. The number of nitrogens with zero attached hydrogens (tertiary/aromatic N) is 3. The van der Waals surface area contributed by atoms with Gasteiger partial charge in [-0.05, 0) is 25.1 Å². The molecule has 0 unspecified atom stereocenters. The zero-order chi connectivity index (χ0) is 20.8. The maximum atomic E-state index is 12.3. The van der Waals surface area contributed by atoms with Crippen molar-refractivity contribution in [2.75, 3.05) is 11.9 Å².